The molecule has 1 aromatic carbocycles. The van der Waals surface area contributed by atoms with Crippen molar-refractivity contribution in [3.63, 3.8) is 0 Å². The van der Waals surface area contributed by atoms with Crippen LogP contribution in [0.3, 0.4) is 0 Å². The number of rotatable bonds is 4. The molecule has 3 N–H and O–H groups in total. The van der Waals surface area contributed by atoms with Crippen molar-refractivity contribution in [2.45, 2.75) is 38.3 Å². The number of benzene rings is 1. The number of hydrogen-bond acceptors (Lipinski definition) is 4. The Morgan fingerprint density at radius 1 is 1.30 bits per heavy atom. The Morgan fingerprint density at radius 3 is 2.83 bits per heavy atom. The Labute approximate surface area is 142 Å². The largest absolute Gasteiger partial charge is 0.444 e. The van der Waals surface area contributed by atoms with Gasteiger partial charge in [-0.15, -0.1) is 12.4 Å². The fourth-order valence-electron chi connectivity index (χ4n) is 2.89. The van der Waals surface area contributed by atoms with Crippen LogP contribution in [0.5, 0.6) is 0 Å². The van der Waals surface area contributed by atoms with Crippen molar-refractivity contribution in [3.05, 3.63) is 42.3 Å². The summed E-state index contributed by atoms with van der Waals surface area (Å²) >= 11 is 0. The van der Waals surface area contributed by atoms with Gasteiger partial charge in [0.1, 0.15) is 6.26 Å². The Balaban J connectivity index is 0.00000192. The van der Waals surface area contributed by atoms with E-state index in [9.17, 15) is 4.79 Å². The molecule has 1 aliphatic rings. The maximum atomic E-state index is 12.2. The van der Waals surface area contributed by atoms with E-state index in [0.717, 1.165) is 36.9 Å². The van der Waals surface area contributed by atoms with Crippen LogP contribution in [-0.2, 0) is 11.3 Å². The Morgan fingerprint density at radius 2 is 2.09 bits per heavy atom. The maximum absolute atomic E-state index is 12.2. The molecule has 0 radical (unpaired) electrons. The fraction of sp³-hybridized carbons (Fsp3) is 0.412. The highest BCUT2D eigenvalue weighted by molar-refractivity contribution is 5.85. The number of hydrogen-bond donors (Lipinski definition) is 2. The first kappa shape index (κ1) is 17.5. The summed E-state index contributed by atoms with van der Waals surface area (Å²) in [6.07, 6.45) is 5.34. The first-order chi connectivity index (χ1) is 10.7. The highest BCUT2D eigenvalue weighted by Crippen LogP contribution is 2.23. The molecular weight excluding hydrogens is 314 g/mol. The molecule has 0 aliphatic heterocycles. The standard InChI is InChI=1S/C17H21N3O2.ClH/c18-14-8-4-7-13(9-14)16(21)19-10-15-11-22-17(20-15)12-5-2-1-3-6-12;/h1-3,5-6,11,13-14H,4,7-10,18H2,(H,19,21);1H. The van der Waals surface area contributed by atoms with E-state index in [1.54, 1.807) is 6.26 Å². The molecule has 1 saturated carbocycles. The number of nitrogens with two attached hydrogens (primary N) is 1. The molecule has 2 atom stereocenters. The van der Waals surface area contributed by atoms with Crippen LogP contribution in [0.2, 0.25) is 0 Å². The van der Waals surface area contributed by atoms with Crippen LogP contribution in [0.4, 0.5) is 0 Å². The van der Waals surface area contributed by atoms with E-state index >= 15 is 0 Å². The topological polar surface area (TPSA) is 81.2 Å². The molecule has 0 saturated heterocycles. The summed E-state index contributed by atoms with van der Waals surface area (Å²) in [4.78, 5) is 16.6. The van der Waals surface area contributed by atoms with Gasteiger partial charge in [-0.05, 0) is 31.4 Å². The van der Waals surface area contributed by atoms with Gasteiger partial charge >= 0.3 is 0 Å². The minimum absolute atomic E-state index is 0. The minimum Gasteiger partial charge on any atom is -0.444 e. The second-order valence-electron chi connectivity index (χ2n) is 5.85. The number of nitrogens with one attached hydrogen (secondary N) is 1. The number of nitrogens with zero attached hydrogens (tertiary/aromatic N) is 1. The lowest BCUT2D eigenvalue weighted by Gasteiger charge is -2.25. The van der Waals surface area contributed by atoms with E-state index in [-0.39, 0.29) is 30.3 Å². The maximum Gasteiger partial charge on any atom is 0.226 e. The molecular formula is C17H22ClN3O2. The van der Waals surface area contributed by atoms with Crippen LogP contribution in [0, 0.1) is 5.92 Å². The SMILES string of the molecule is Cl.NC1CCCC(C(=O)NCc2coc(-c3ccccc3)n2)C1. The smallest absolute Gasteiger partial charge is 0.226 e. The first-order valence-electron chi connectivity index (χ1n) is 7.75. The average molecular weight is 336 g/mol. The minimum atomic E-state index is 0. The molecule has 2 aromatic rings. The molecule has 1 fully saturated rings. The van der Waals surface area contributed by atoms with Crippen molar-refractivity contribution in [1.29, 1.82) is 0 Å². The normalized spacial score (nSPS) is 20.6. The molecule has 3 rings (SSSR count). The quantitative estimate of drug-likeness (QED) is 0.900. The van der Waals surface area contributed by atoms with Crippen molar-refractivity contribution in [3.8, 4) is 11.5 Å². The molecule has 23 heavy (non-hydrogen) atoms. The van der Waals surface area contributed by atoms with E-state index in [1.807, 2.05) is 30.3 Å². The Bertz CT molecular complexity index is 630. The number of oxazole rings is 1. The molecule has 5 nitrogen and oxygen atoms in total. The zero-order valence-corrected chi connectivity index (χ0v) is 13.7. The van der Waals surface area contributed by atoms with Crippen molar-refractivity contribution in [1.82, 2.24) is 10.3 Å². The van der Waals surface area contributed by atoms with E-state index in [4.69, 9.17) is 10.2 Å². The predicted molar refractivity (Wildman–Crippen MR) is 91.0 cm³/mol. The van der Waals surface area contributed by atoms with E-state index in [2.05, 4.69) is 10.3 Å². The third-order valence-electron chi connectivity index (χ3n) is 4.10. The van der Waals surface area contributed by atoms with Crippen molar-refractivity contribution in [2.24, 2.45) is 11.7 Å². The summed E-state index contributed by atoms with van der Waals surface area (Å²) in [6.45, 7) is 0.390. The lowest BCUT2D eigenvalue weighted by atomic mass is 9.85. The second kappa shape index (κ2) is 8.13. The van der Waals surface area contributed by atoms with Crippen LogP contribution in [-0.4, -0.2) is 16.9 Å². The van der Waals surface area contributed by atoms with Crippen LogP contribution in [0.15, 0.2) is 41.0 Å². The summed E-state index contributed by atoms with van der Waals surface area (Å²) in [5.41, 5.74) is 7.59. The van der Waals surface area contributed by atoms with Crippen molar-refractivity contribution in [2.75, 3.05) is 0 Å². The van der Waals surface area contributed by atoms with Gasteiger partial charge in [-0.25, -0.2) is 4.98 Å². The van der Waals surface area contributed by atoms with Gasteiger partial charge in [-0.3, -0.25) is 4.79 Å². The van der Waals surface area contributed by atoms with Gasteiger partial charge in [-0.1, -0.05) is 24.6 Å². The number of carbonyl (C=O) groups is 1. The number of carbonyl (C=O) groups excluding carboxylic acids is 1. The van der Waals surface area contributed by atoms with E-state index < -0.39 is 0 Å². The molecule has 1 amide bonds. The molecule has 6 heteroatoms. The molecule has 0 bridgehead atoms. The van der Waals surface area contributed by atoms with Gasteiger partial charge in [0.05, 0.1) is 12.2 Å². The van der Waals surface area contributed by atoms with Crippen molar-refractivity contribution >= 4 is 18.3 Å². The zero-order chi connectivity index (χ0) is 15.4. The molecule has 1 aromatic heterocycles. The zero-order valence-electron chi connectivity index (χ0n) is 12.9. The van der Waals surface area contributed by atoms with E-state index in [0.29, 0.717) is 12.4 Å². The van der Waals surface area contributed by atoms with Crippen LogP contribution >= 0.6 is 12.4 Å². The van der Waals surface area contributed by atoms with Gasteiger partial charge in [0.15, 0.2) is 0 Å². The second-order valence-corrected chi connectivity index (χ2v) is 5.85. The highest BCUT2D eigenvalue weighted by atomic mass is 35.5. The van der Waals surface area contributed by atoms with E-state index in [1.165, 1.54) is 0 Å². The summed E-state index contributed by atoms with van der Waals surface area (Å²) in [5, 5.41) is 2.94. The summed E-state index contributed by atoms with van der Waals surface area (Å²) < 4.78 is 5.46. The summed E-state index contributed by atoms with van der Waals surface area (Å²) in [6, 6.07) is 9.86. The molecule has 1 aliphatic carbocycles. The summed E-state index contributed by atoms with van der Waals surface area (Å²) in [7, 11) is 0. The lowest BCUT2D eigenvalue weighted by Crippen LogP contribution is -2.37. The number of amides is 1. The van der Waals surface area contributed by atoms with Crippen LogP contribution < -0.4 is 11.1 Å². The lowest BCUT2D eigenvalue weighted by molar-refractivity contribution is -0.126. The third-order valence-corrected chi connectivity index (χ3v) is 4.10. The molecule has 1 heterocycles. The Kier molecular flexibility index (Phi) is 6.19. The van der Waals surface area contributed by atoms with Gasteiger partial charge in [-0.2, -0.15) is 0 Å². The average Bonchev–Trinajstić information content (AvgIpc) is 3.02. The third kappa shape index (κ3) is 4.56. The predicted octanol–water partition coefficient (Wildman–Crippen LogP) is 2.90. The molecule has 124 valence electrons. The Hall–Kier alpha value is -1.85. The monoisotopic (exact) mass is 335 g/mol. The van der Waals surface area contributed by atoms with Crippen LogP contribution in [0.1, 0.15) is 31.4 Å². The van der Waals surface area contributed by atoms with Gasteiger partial charge < -0.3 is 15.5 Å². The molecule has 2 unspecified atom stereocenters. The summed E-state index contributed by atoms with van der Waals surface area (Å²) in [5.74, 6) is 0.674. The highest BCUT2D eigenvalue weighted by Gasteiger charge is 2.25. The number of aromatic nitrogens is 1. The number of halogens is 1. The first-order valence-corrected chi connectivity index (χ1v) is 7.75. The fourth-order valence-corrected chi connectivity index (χ4v) is 2.89. The van der Waals surface area contributed by atoms with Gasteiger partial charge in [0.2, 0.25) is 11.8 Å². The molecule has 0 spiro atoms. The van der Waals surface area contributed by atoms with Gasteiger partial charge in [0.25, 0.3) is 0 Å². The van der Waals surface area contributed by atoms with Gasteiger partial charge in [0, 0.05) is 17.5 Å². The van der Waals surface area contributed by atoms with Crippen LogP contribution in [0.25, 0.3) is 11.5 Å². The van der Waals surface area contributed by atoms with Crippen molar-refractivity contribution < 1.29 is 9.21 Å².